The van der Waals surface area contributed by atoms with Crippen LogP contribution < -0.4 is 23.7 Å². The largest absolute Gasteiger partial charge is 0.497 e. The van der Waals surface area contributed by atoms with Gasteiger partial charge in [0, 0.05) is 10.9 Å². The molecule has 1 aromatic heterocycles. The van der Waals surface area contributed by atoms with Crippen molar-refractivity contribution in [3.8, 4) is 34.3 Å². The van der Waals surface area contributed by atoms with Crippen molar-refractivity contribution in [2.24, 2.45) is 10.1 Å². The Kier molecular flexibility index (Phi) is 8.32. The minimum Gasteiger partial charge on any atom is -0.497 e. The normalized spacial score (nSPS) is 11.6. The first kappa shape index (κ1) is 24.1. The third-order valence-corrected chi connectivity index (χ3v) is 5.52. The Morgan fingerprint density at radius 3 is 2.45 bits per heavy atom. The minimum atomic E-state index is 0.515. The van der Waals surface area contributed by atoms with Crippen LogP contribution >= 0.6 is 11.3 Å². The van der Waals surface area contributed by atoms with Gasteiger partial charge in [-0.25, -0.2) is 4.68 Å². The molecule has 0 aliphatic rings. The topological polar surface area (TPSA) is 66.6 Å². The molecule has 0 unspecified atom stereocenters. The molecule has 1 heterocycles. The van der Waals surface area contributed by atoms with E-state index in [-0.39, 0.29) is 0 Å². The van der Waals surface area contributed by atoms with Crippen LogP contribution in [-0.2, 0) is 0 Å². The predicted molar refractivity (Wildman–Crippen MR) is 133 cm³/mol. The maximum absolute atomic E-state index is 5.61. The molecule has 0 aliphatic carbocycles. The molecule has 2 aromatic carbocycles. The van der Waals surface area contributed by atoms with Gasteiger partial charge in [-0.1, -0.05) is 12.2 Å². The van der Waals surface area contributed by atoms with Crippen LogP contribution in [0.2, 0.25) is 0 Å². The summed E-state index contributed by atoms with van der Waals surface area (Å²) in [6.45, 7) is 8.91. The molecule has 0 saturated heterocycles. The molecule has 3 rings (SSSR count). The Balaban J connectivity index is 2.11. The summed E-state index contributed by atoms with van der Waals surface area (Å²) in [5, 5.41) is 6.76. The average molecular weight is 468 g/mol. The number of thiazole rings is 1. The summed E-state index contributed by atoms with van der Waals surface area (Å²) in [6.07, 6.45) is 1.76. The highest BCUT2D eigenvalue weighted by molar-refractivity contribution is 7.07. The summed E-state index contributed by atoms with van der Waals surface area (Å²) < 4.78 is 23.9. The summed E-state index contributed by atoms with van der Waals surface area (Å²) in [4.78, 5) is 5.43. The zero-order valence-electron chi connectivity index (χ0n) is 19.6. The van der Waals surface area contributed by atoms with Gasteiger partial charge in [0.15, 0.2) is 11.5 Å². The third kappa shape index (κ3) is 5.84. The van der Waals surface area contributed by atoms with Crippen LogP contribution in [0.25, 0.3) is 11.3 Å². The maximum Gasteiger partial charge on any atom is 0.206 e. The fourth-order valence-electron chi connectivity index (χ4n) is 3.09. The average Bonchev–Trinajstić information content (AvgIpc) is 3.24. The van der Waals surface area contributed by atoms with E-state index < -0.39 is 0 Å². The lowest BCUT2D eigenvalue weighted by molar-refractivity contribution is 0.311. The second-order valence-electron chi connectivity index (χ2n) is 7.14. The van der Waals surface area contributed by atoms with E-state index in [1.54, 1.807) is 32.2 Å². The molecule has 3 aromatic rings. The fourth-order valence-corrected chi connectivity index (χ4v) is 3.91. The number of aromatic nitrogens is 1. The van der Waals surface area contributed by atoms with Crippen LogP contribution in [0.1, 0.15) is 19.4 Å². The van der Waals surface area contributed by atoms with Gasteiger partial charge in [-0.05, 0) is 55.8 Å². The molecular weight excluding hydrogens is 438 g/mol. The minimum absolute atomic E-state index is 0.515. The van der Waals surface area contributed by atoms with E-state index in [2.05, 4.69) is 11.6 Å². The number of ether oxygens (including phenoxy) is 4. The first-order valence-electron chi connectivity index (χ1n) is 10.4. The summed E-state index contributed by atoms with van der Waals surface area (Å²) in [5.41, 5.74) is 3.52. The molecule has 0 fully saturated rings. The lowest BCUT2D eigenvalue weighted by Gasteiger charge is -2.11. The Hall–Kier alpha value is -3.52. The second kappa shape index (κ2) is 11.4. The summed E-state index contributed by atoms with van der Waals surface area (Å²) in [7, 11) is 4.90. The smallest absolute Gasteiger partial charge is 0.206 e. The van der Waals surface area contributed by atoms with Gasteiger partial charge in [-0.15, -0.1) is 11.3 Å². The Bertz CT molecular complexity index is 1210. The van der Waals surface area contributed by atoms with Gasteiger partial charge in [0.05, 0.1) is 46.4 Å². The highest BCUT2D eigenvalue weighted by Crippen LogP contribution is 2.34. The van der Waals surface area contributed by atoms with E-state index in [9.17, 15) is 0 Å². The summed E-state index contributed by atoms with van der Waals surface area (Å²) >= 11 is 1.50. The Morgan fingerprint density at radius 2 is 1.79 bits per heavy atom. The number of benzene rings is 2. The molecule has 7 nitrogen and oxygen atoms in total. The Morgan fingerprint density at radius 1 is 1.03 bits per heavy atom. The molecule has 0 radical (unpaired) electrons. The van der Waals surface area contributed by atoms with Gasteiger partial charge in [0.1, 0.15) is 11.5 Å². The van der Waals surface area contributed by atoms with Crippen LogP contribution in [0.5, 0.6) is 23.0 Å². The SMILES string of the molecule is C=C(C)CN=c1scc(-c2cc(OC)ccc2OC)n1N=Cc1ccc(OCC)c(OC)c1. The lowest BCUT2D eigenvalue weighted by Crippen LogP contribution is -2.13. The van der Waals surface area contributed by atoms with E-state index in [0.29, 0.717) is 30.4 Å². The number of methoxy groups -OCH3 is 3. The van der Waals surface area contributed by atoms with E-state index in [1.165, 1.54) is 11.3 Å². The monoisotopic (exact) mass is 467 g/mol. The van der Waals surface area contributed by atoms with Crippen molar-refractivity contribution < 1.29 is 18.9 Å². The van der Waals surface area contributed by atoms with Gasteiger partial charge in [0.2, 0.25) is 4.80 Å². The number of rotatable bonds is 10. The van der Waals surface area contributed by atoms with E-state index in [0.717, 1.165) is 32.9 Å². The van der Waals surface area contributed by atoms with Gasteiger partial charge in [0.25, 0.3) is 0 Å². The van der Waals surface area contributed by atoms with Crippen LogP contribution in [-0.4, -0.2) is 45.4 Å². The molecule has 0 bridgehead atoms. The van der Waals surface area contributed by atoms with Crippen LogP contribution in [0.4, 0.5) is 0 Å². The number of hydrogen-bond acceptors (Lipinski definition) is 7. The molecular formula is C25H29N3O4S. The summed E-state index contributed by atoms with van der Waals surface area (Å²) in [6, 6.07) is 11.4. The van der Waals surface area contributed by atoms with E-state index >= 15 is 0 Å². The fraction of sp³-hybridized carbons (Fsp3) is 0.280. The standard InChI is InChI=1S/C25H29N3O4S/c1-7-32-23-10-8-18(12-24(23)31-6)15-27-28-21(16-33-25(28)26-14-17(2)3)20-13-19(29-4)9-11-22(20)30-5/h8-13,15-16H,2,7,14H2,1,3-6H3. The second-order valence-corrected chi connectivity index (χ2v) is 7.98. The lowest BCUT2D eigenvalue weighted by atomic mass is 10.1. The molecule has 33 heavy (non-hydrogen) atoms. The maximum atomic E-state index is 5.61. The zero-order chi connectivity index (χ0) is 23.8. The van der Waals surface area contributed by atoms with Gasteiger partial charge < -0.3 is 18.9 Å². The molecule has 0 saturated carbocycles. The first-order valence-corrected chi connectivity index (χ1v) is 11.3. The van der Waals surface area contributed by atoms with E-state index in [1.807, 2.05) is 55.6 Å². The Labute approximate surface area is 198 Å². The molecule has 0 N–H and O–H groups in total. The quantitative estimate of drug-likeness (QED) is 0.311. The number of nitrogens with zero attached hydrogens (tertiary/aromatic N) is 3. The van der Waals surface area contributed by atoms with Crippen LogP contribution in [0.15, 0.2) is 64.0 Å². The molecule has 8 heteroatoms. The highest BCUT2D eigenvalue weighted by Gasteiger charge is 2.14. The van der Waals surface area contributed by atoms with Gasteiger partial charge >= 0.3 is 0 Å². The summed E-state index contributed by atoms with van der Waals surface area (Å²) in [5.74, 6) is 2.79. The first-order chi connectivity index (χ1) is 16.0. The molecule has 174 valence electrons. The number of hydrogen-bond donors (Lipinski definition) is 0. The zero-order valence-corrected chi connectivity index (χ0v) is 20.4. The van der Waals surface area contributed by atoms with Crippen LogP contribution in [0.3, 0.4) is 0 Å². The van der Waals surface area contributed by atoms with Crippen molar-refractivity contribution in [1.82, 2.24) is 4.68 Å². The van der Waals surface area contributed by atoms with Crippen molar-refractivity contribution >= 4 is 17.6 Å². The highest BCUT2D eigenvalue weighted by atomic mass is 32.1. The molecule has 0 atom stereocenters. The van der Waals surface area contributed by atoms with Crippen molar-refractivity contribution in [3.05, 3.63) is 64.3 Å². The third-order valence-electron chi connectivity index (χ3n) is 4.66. The molecule has 0 spiro atoms. The van der Waals surface area contributed by atoms with Gasteiger partial charge in [-0.3, -0.25) is 4.99 Å². The van der Waals surface area contributed by atoms with Crippen LogP contribution in [0, 0.1) is 0 Å². The van der Waals surface area contributed by atoms with Crippen molar-refractivity contribution in [1.29, 1.82) is 0 Å². The van der Waals surface area contributed by atoms with Crippen molar-refractivity contribution in [2.75, 3.05) is 34.5 Å². The molecule has 0 amide bonds. The van der Waals surface area contributed by atoms with Crippen molar-refractivity contribution in [2.45, 2.75) is 13.8 Å². The van der Waals surface area contributed by atoms with E-state index in [4.69, 9.17) is 24.0 Å². The van der Waals surface area contributed by atoms with Crippen molar-refractivity contribution in [3.63, 3.8) is 0 Å². The molecule has 0 aliphatic heterocycles. The van der Waals surface area contributed by atoms with Gasteiger partial charge in [-0.2, -0.15) is 5.10 Å². The predicted octanol–water partition coefficient (Wildman–Crippen LogP) is 5.00.